The van der Waals surface area contributed by atoms with Crippen molar-refractivity contribution in [3.05, 3.63) is 78.6 Å². The summed E-state index contributed by atoms with van der Waals surface area (Å²) in [5.74, 6) is 1.85. The molecule has 1 aromatic heterocycles. The molecule has 0 radical (unpaired) electrons. The molecule has 3 rings (SSSR count). The first-order valence-electron chi connectivity index (χ1n) is 8.42. The third-order valence-electron chi connectivity index (χ3n) is 3.82. The predicted molar refractivity (Wildman–Crippen MR) is 107 cm³/mol. The monoisotopic (exact) mass is 402 g/mol. The van der Waals surface area contributed by atoms with Crippen molar-refractivity contribution in [1.82, 2.24) is 4.98 Å². The standard InChI is InChI=1S/C20H19ClN2O3S/c21-13-1-2-16-3-9-20(10-4-16)27(24,25)23-17-5-7-18(8-6-17)26-19-11-14-22-15-12-19/h3-12,14-15,23H,1-2,13H2. The number of hydrogen-bond donors (Lipinski definition) is 1. The molecule has 0 aliphatic carbocycles. The normalized spacial score (nSPS) is 11.1. The van der Waals surface area contributed by atoms with Crippen molar-refractivity contribution in [1.29, 1.82) is 0 Å². The maximum Gasteiger partial charge on any atom is 0.261 e. The van der Waals surface area contributed by atoms with Gasteiger partial charge in [0.15, 0.2) is 0 Å². The maximum absolute atomic E-state index is 12.5. The zero-order valence-electron chi connectivity index (χ0n) is 14.5. The minimum atomic E-state index is -3.65. The van der Waals surface area contributed by atoms with Crippen molar-refractivity contribution in [2.75, 3.05) is 10.6 Å². The number of halogens is 1. The van der Waals surface area contributed by atoms with E-state index >= 15 is 0 Å². The van der Waals surface area contributed by atoms with Gasteiger partial charge in [0.25, 0.3) is 10.0 Å². The van der Waals surface area contributed by atoms with Gasteiger partial charge in [0.2, 0.25) is 0 Å². The van der Waals surface area contributed by atoms with Gasteiger partial charge in [-0.2, -0.15) is 0 Å². The highest BCUT2D eigenvalue weighted by Gasteiger charge is 2.14. The second-order valence-electron chi connectivity index (χ2n) is 5.85. The van der Waals surface area contributed by atoms with Gasteiger partial charge in [-0.15, -0.1) is 11.6 Å². The van der Waals surface area contributed by atoms with Gasteiger partial charge in [-0.1, -0.05) is 12.1 Å². The summed E-state index contributed by atoms with van der Waals surface area (Å²) in [5, 5.41) is 0. The van der Waals surface area contributed by atoms with E-state index in [0.717, 1.165) is 18.4 Å². The van der Waals surface area contributed by atoms with E-state index in [1.807, 2.05) is 12.1 Å². The Balaban J connectivity index is 1.66. The quantitative estimate of drug-likeness (QED) is 0.547. The first-order valence-corrected chi connectivity index (χ1v) is 10.4. The van der Waals surface area contributed by atoms with E-state index in [1.165, 1.54) is 0 Å². The number of sulfonamides is 1. The Morgan fingerprint density at radius 1 is 0.889 bits per heavy atom. The van der Waals surface area contributed by atoms with E-state index in [2.05, 4.69) is 9.71 Å². The van der Waals surface area contributed by atoms with Crippen LogP contribution in [0.5, 0.6) is 11.5 Å². The molecular weight excluding hydrogens is 384 g/mol. The number of pyridine rings is 1. The fourth-order valence-electron chi connectivity index (χ4n) is 2.45. The number of benzene rings is 2. The van der Waals surface area contributed by atoms with E-state index in [9.17, 15) is 8.42 Å². The van der Waals surface area contributed by atoms with Crippen LogP contribution in [0.4, 0.5) is 5.69 Å². The highest BCUT2D eigenvalue weighted by Crippen LogP contribution is 2.24. The van der Waals surface area contributed by atoms with Crippen LogP contribution in [0.2, 0.25) is 0 Å². The molecule has 27 heavy (non-hydrogen) atoms. The Labute approximate surface area is 164 Å². The van der Waals surface area contributed by atoms with E-state index in [4.69, 9.17) is 16.3 Å². The van der Waals surface area contributed by atoms with Crippen LogP contribution in [0.15, 0.2) is 78.0 Å². The highest BCUT2D eigenvalue weighted by molar-refractivity contribution is 7.92. The third-order valence-corrected chi connectivity index (χ3v) is 5.49. The molecule has 0 saturated heterocycles. The summed E-state index contributed by atoms with van der Waals surface area (Å²) >= 11 is 5.68. The van der Waals surface area contributed by atoms with Crippen LogP contribution in [0.3, 0.4) is 0 Å². The van der Waals surface area contributed by atoms with Crippen LogP contribution in [0.1, 0.15) is 12.0 Å². The molecule has 0 saturated carbocycles. The molecule has 0 aliphatic rings. The third kappa shape index (κ3) is 5.45. The number of ether oxygens (including phenoxy) is 1. The van der Waals surface area contributed by atoms with Crippen molar-refractivity contribution >= 4 is 27.3 Å². The van der Waals surface area contributed by atoms with Crippen molar-refractivity contribution in [3.8, 4) is 11.5 Å². The molecule has 0 bridgehead atoms. The summed E-state index contributed by atoms with van der Waals surface area (Å²) in [6, 6.07) is 17.0. The second kappa shape index (κ2) is 8.88. The lowest BCUT2D eigenvalue weighted by Crippen LogP contribution is -2.12. The maximum atomic E-state index is 12.5. The summed E-state index contributed by atoms with van der Waals surface area (Å²) < 4.78 is 33.3. The van der Waals surface area contributed by atoms with Gasteiger partial charge < -0.3 is 4.74 Å². The minimum absolute atomic E-state index is 0.217. The molecule has 1 heterocycles. The smallest absolute Gasteiger partial charge is 0.261 e. The van der Waals surface area contributed by atoms with Crippen LogP contribution in [-0.2, 0) is 16.4 Å². The Morgan fingerprint density at radius 3 is 2.15 bits per heavy atom. The summed E-state index contributed by atoms with van der Waals surface area (Å²) in [6.45, 7) is 0. The van der Waals surface area contributed by atoms with Crippen LogP contribution in [0.25, 0.3) is 0 Å². The number of hydrogen-bond acceptors (Lipinski definition) is 4. The fourth-order valence-corrected chi connectivity index (χ4v) is 3.65. The van der Waals surface area contributed by atoms with Crippen LogP contribution in [-0.4, -0.2) is 19.3 Å². The molecule has 2 aromatic carbocycles. The van der Waals surface area contributed by atoms with Gasteiger partial charge in [-0.25, -0.2) is 8.42 Å². The molecule has 0 fully saturated rings. The average Bonchev–Trinajstić information content (AvgIpc) is 2.69. The van der Waals surface area contributed by atoms with Gasteiger partial charge in [0, 0.05) is 24.0 Å². The summed E-state index contributed by atoms with van der Waals surface area (Å²) in [5.41, 5.74) is 1.52. The molecule has 5 nitrogen and oxygen atoms in total. The van der Waals surface area contributed by atoms with E-state index < -0.39 is 10.0 Å². The molecule has 1 N–H and O–H groups in total. The summed E-state index contributed by atoms with van der Waals surface area (Å²) in [6.07, 6.45) is 4.97. The first kappa shape index (κ1) is 19.2. The zero-order chi connectivity index (χ0) is 19.1. The van der Waals surface area contributed by atoms with Gasteiger partial charge in [0.05, 0.1) is 4.90 Å². The van der Waals surface area contributed by atoms with Crippen LogP contribution < -0.4 is 9.46 Å². The molecule has 0 spiro atoms. The molecule has 0 amide bonds. The fraction of sp³-hybridized carbons (Fsp3) is 0.150. The molecule has 140 valence electrons. The lowest BCUT2D eigenvalue weighted by Gasteiger charge is -2.10. The molecule has 7 heteroatoms. The van der Waals surface area contributed by atoms with Crippen molar-refractivity contribution in [2.45, 2.75) is 17.7 Å². The lowest BCUT2D eigenvalue weighted by molar-refractivity contribution is 0.482. The van der Waals surface area contributed by atoms with Crippen LogP contribution >= 0.6 is 11.6 Å². The van der Waals surface area contributed by atoms with Crippen molar-refractivity contribution < 1.29 is 13.2 Å². The Morgan fingerprint density at radius 2 is 1.52 bits per heavy atom. The summed E-state index contributed by atoms with van der Waals surface area (Å²) in [4.78, 5) is 4.14. The molecule has 0 aliphatic heterocycles. The molecule has 0 unspecified atom stereocenters. The zero-order valence-corrected chi connectivity index (χ0v) is 16.1. The first-order chi connectivity index (χ1) is 13.1. The Bertz CT molecular complexity index is 960. The van der Waals surface area contributed by atoms with E-state index in [1.54, 1.807) is 60.9 Å². The molecular formula is C20H19ClN2O3S. The molecule has 3 aromatic rings. The van der Waals surface area contributed by atoms with Gasteiger partial charge >= 0.3 is 0 Å². The number of rotatable bonds is 8. The Hall–Kier alpha value is -2.57. The number of nitrogens with zero attached hydrogens (tertiary/aromatic N) is 1. The summed E-state index contributed by atoms with van der Waals surface area (Å²) in [7, 11) is -3.65. The number of nitrogens with one attached hydrogen (secondary N) is 1. The minimum Gasteiger partial charge on any atom is -0.457 e. The SMILES string of the molecule is O=S(=O)(Nc1ccc(Oc2ccncc2)cc1)c1ccc(CCCCl)cc1. The van der Waals surface area contributed by atoms with Gasteiger partial charge in [-0.3, -0.25) is 9.71 Å². The second-order valence-corrected chi connectivity index (χ2v) is 7.91. The highest BCUT2D eigenvalue weighted by atomic mass is 35.5. The predicted octanol–water partition coefficient (Wildman–Crippen LogP) is 4.85. The number of alkyl halides is 1. The van der Waals surface area contributed by atoms with Crippen LogP contribution in [0, 0.1) is 0 Å². The number of aromatic nitrogens is 1. The van der Waals surface area contributed by atoms with Crippen molar-refractivity contribution in [2.24, 2.45) is 0 Å². The molecule has 0 atom stereocenters. The lowest BCUT2D eigenvalue weighted by atomic mass is 10.1. The van der Waals surface area contributed by atoms with Crippen molar-refractivity contribution in [3.63, 3.8) is 0 Å². The Kier molecular flexibility index (Phi) is 6.32. The average molecular weight is 403 g/mol. The van der Waals surface area contributed by atoms with Gasteiger partial charge in [-0.05, 0) is 66.9 Å². The number of aryl methyl sites for hydroxylation is 1. The largest absolute Gasteiger partial charge is 0.457 e. The van der Waals surface area contributed by atoms with E-state index in [-0.39, 0.29) is 4.90 Å². The van der Waals surface area contributed by atoms with E-state index in [0.29, 0.717) is 23.1 Å². The topological polar surface area (TPSA) is 68.3 Å². The van der Waals surface area contributed by atoms with Gasteiger partial charge in [0.1, 0.15) is 11.5 Å². The number of anilines is 1.